The fourth-order valence-electron chi connectivity index (χ4n) is 7.87. The second kappa shape index (κ2) is 13.2. The Morgan fingerprint density at radius 2 is 1.52 bits per heavy atom. The van der Waals surface area contributed by atoms with Gasteiger partial charge in [0.2, 0.25) is 12.5 Å². The number of piperazine rings is 1. The molecular formula is C38H36N4O10. The summed E-state index contributed by atoms with van der Waals surface area (Å²) in [6.45, 7) is 2.52. The number of benzene rings is 4. The molecule has 1 aliphatic carbocycles. The molecule has 2 N–H and O–H groups in total. The smallest absolute Gasteiger partial charge is 0.310 e. The van der Waals surface area contributed by atoms with Crippen LogP contribution in [-0.2, 0) is 9.53 Å². The number of nitrogens with one attached hydrogen (secondary N) is 1. The average Bonchev–Trinajstić information content (AvgIpc) is 3.80. The third kappa shape index (κ3) is 5.69. The van der Waals surface area contributed by atoms with Crippen LogP contribution in [0.2, 0.25) is 0 Å². The summed E-state index contributed by atoms with van der Waals surface area (Å²) in [6, 6.07) is 20.7. The number of methoxy groups -OCH3 is 2. The lowest BCUT2D eigenvalue weighted by Gasteiger charge is -2.40. The van der Waals surface area contributed by atoms with Crippen molar-refractivity contribution in [2.24, 2.45) is 11.8 Å². The van der Waals surface area contributed by atoms with Gasteiger partial charge < -0.3 is 43.9 Å². The normalized spacial score (nSPS) is 21.5. The van der Waals surface area contributed by atoms with E-state index < -0.39 is 16.8 Å². The third-order valence-electron chi connectivity index (χ3n) is 10.5. The number of phenolic OH excluding ortho intramolecular Hbond substituents is 1. The van der Waals surface area contributed by atoms with Gasteiger partial charge in [-0.2, -0.15) is 0 Å². The Balaban J connectivity index is 1.04. The van der Waals surface area contributed by atoms with Gasteiger partial charge in [0.15, 0.2) is 23.0 Å². The highest BCUT2D eigenvalue weighted by molar-refractivity contribution is 5.94. The Bertz CT molecular complexity index is 2020. The summed E-state index contributed by atoms with van der Waals surface area (Å²) in [7, 11) is 2.92. The molecule has 0 aromatic heterocycles. The van der Waals surface area contributed by atoms with Gasteiger partial charge in [0, 0.05) is 67.1 Å². The SMILES string of the molecule is COc1cc([C@@H]2c3cc4c(cc3[C@@H](Nc3ccc(C(=O)N5CCN(c6ccc([N+](=O)[O-])cc6)CC5)cc3)[C@H]3COC(=O)[C@H]23)OCO4)cc(OC)c1O. The number of phenols is 1. The molecule has 14 nitrogen and oxygen atoms in total. The quantitative estimate of drug-likeness (QED) is 0.142. The van der Waals surface area contributed by atoms with E-state index in [1.54, 1.807) is 36.4 Å². The van der Waals surface area contributed by atoms with Gasteiger partial charge in [-0.05, 0) is 77.4 Å². The van der Waals surface area contributed by atoms with Crippen molar-refractivity contribution in [3.63, 3.8) is 0 Å². The summed E-state index contributed by atoms with van der Waals surface area (Å²) in [6.07, 6.45) is 0. The third-order valence-corrected chi connectivity index (χ3v) is 10.5. The zero-order valence-electron chi connectivity index (χ0n) is 28.4. The van der Waals surface area contributed by atoms with Gasteiger partial charge in [-0.3, -0.25) is 19.7 Å². The molecule has 268 valence electrons. The van der Waals surface area contributed by atoms with Crippen LogP contribution in [0.3, 0.4) is 0 Å². The molecule has 2 fully saturated rings. The van der Waals surface area contributed by atoms with E-state index in [1.807, 2.05) is 29.2 Å². The number of hydrogen-bond acceptors (Lipinski definition) is 12. The first-order valence-electron chi connectivity index (χ1n) is 16.9. The van der Waals surface area contributed by atoms with E-state index in [4.69, 9.17) is 23.7 Å². The summed E-state index contributed by atoms with van der Waals surface area (Å²) in [5.41, 5.74) is 4.71. The number of non-ortho nitro benzene ring substituents is 1. The lowest BCUT2D eigenvalue weighted by atomic mass is 9.65. The molecule has 0 spiro atoms. The van der Waals surface area contributed by atoms with Crippen molar-refractivity contribution in [1.82, 2.24) is 4.90 Å². The number of carbonyl (C=O) groups excluding carboxylic acids is 2. The van der Waals surface area contributed by atoms with E-state index in [0.717, 1.165) is 28.1 Å². The number of esters is 1. The summed E-state index contributed by atoms with van der Waals surface area (Å²) in [4.78, 5) is 41.5. The molecule has 4 aromatic rings. The van der Waals surface area contributed by atoms with Crippen molar-refractivity contribution >= 4 is 28.9 Å². The number of hydrogen-bond donors (Lipinski definition) is 2. The Morgan fingerprint density at radius 1 is 0.885 bits per heavy atom. The number of fused-ring (bicyclic) bond motifs is 3. The number of ether oxygens (including phenoxy) is 5. The molecule has 2 saturated heterocycles. The number of rotatable bonds is 8. The summed E-state index contributed by atoms with van der Waals surface area (Å²) in [5, 5.41) is 25.3. The molecular weight excluding hydrogens is 672 g/mol. The van der Waals surface area contributed by atoms with Gasteiger partial charge in [0.1, 0.15) is 0 Å². The summed E-state index contributed by atoms with van der Waals surface area (Å²) in [5.74, 6) is -0.237. The maximum Gasteiger partial charge on any atom is 0.310 e. The Morgan fingerprint density at radius 3 is 2.13 bits per heavy atom. The van der Waals surface area contributed by atoms with Crippen molar-refractivity contribution in [2.75, 3.05) is 64.0 Å². The first-order valence-corrected chi connectivity index (χ1v) is 16.9. The minimum atomic E-state index is -0.574. The van der Waals surface area contributed by atoms with Gasteiger partial charge in [0.05, 0.1) is 37.7 Å². The first-order chi connectivity index (χ1) is 25.2. The molecule has 14 heteroatoms. The second-order valence-corrected chi connectivity index (χ2v) is 13.2. The molecule has 1 amide bonds. The molecule has 4 aliphatic rings. The minimum absolute atomic E-state index is 0.0422. The maximum atomic E-state index is 13.5. The predicted octanol–water partition coefficient (Wildman–Crippen LogP) is 5.10. The van der Waals surface area contributed by atoms with Crippen LogP contribution in [0, 0.1) is 22.0 Å². The van der Waals surface area contributed by atoms with Crippen molar-refractivity contribution in [2.45, 2.75) is 12.0 Å². The zero-order valence-corrected chi connectivity index (χ0v) is 28.4. The largest absolute Gasteiger partial charge is 0.502 e. The Hall–Kier alpha value is -6.18. The van der Waals surface area contributed by atoms with Gasteiger partial charge in [-0.15, -0.1) is 0 Å². The Kier molecular flexibility index (Phi) is 8.36. The fraction of sp³-hybridized carbons (Fsp3) is 0.316. The van der Waals surface area contributed by atoms with Gasteiger partial charge in [-0.25, -0.2) is 0 Å². The summed E-state index contributed by atoms with van der Waals surface area (Å²) >= 11 is 0. The van der Waals surface area contributed by atoms with Crippen LogP contribution >= 0.6 is 0 Å². The number of anilines is 2. The standard InChI is InChI=1S/C38H36N4O10/c1-48-31-15-22(16-32(49-2)36(31)43)33-26-17-29-30(52-20-51-29)18-27(26)35(28-19-50-38(45)34(28)33)39-23-5-3-21(4-6-23)37(44)41-13-11-40(12-14-41)24-7-9-25(10-8-24)42(46)47/h3-10,15-18,28,33-35,39,43H,11-14,19-20H2,1-2H3/t28-,33+,34-,35+/m0/s1. The number of aromatic hydroxyl groups is 1. The van der Waals surface area contributed by atoms with Crippen LogP contribution < -0.4 is 29.2 Å². The number of carbonyl (C=O) groups is 2. The van der Waals surface area contributed by atoms with Crippen LogP contribution in [0.5, 0.6) is 28.7 Å². The molecule has 0 radical (unpaired) electrons. The average molecular weight is 709 g/mol. The van der Waals surface area contributed by atoms with Crippen LogP contribution in [0.15, 0.2) is 72.8 Å². The van der Waals surface area contributed by atoms with Gasteiger partial charge >= 0.3 is 5.97 Å². The fourth-order valence-corrected chi connectivity index (χ4v) is 7.87. The molecule has 4 aromatic carbocycles. The van der Waals surface area contributed by atoms with Crippen LogP contribution in [-0.4, -0.2) is 80.6 Å². The van der Waals surface area contributed by atoms with E-state index in [9.17, 15) is 24.8 Å². The molecule has 0 saturated carbocycles. The monoisotopic (exact) mass is 708 g/mol. The van der Waals surface area contributed by atoms with Crippen LogP contribution in [0.4, 0.5) is 17.1 Å². The Labute approximate surface area is 298 Å². The van der Waals surface area contributed by atoms with Crippen molar-refractivity contribution in [3.05, 3.63) is 105 Å². The number of nitro benzene ring substituents is 1. The number of nitrogens with zero attached hydrogens (tertiary/aromatic N) is 3. The maximum absolute atomic E-state index is 13.5. The molecule has 8 rings (SSSR count). The molecule has 3 aliphatic heterocycles. The highest BCUT2D eigenvalue weighted by Gasteiger charge is 2.52. The highest BCUT2D eigenvalue weighted by Crippen LogP contribution is 2.56. The lowest BCUT2D eigenvalue weighted by Crippen LogP contribution is -2.48. The highest BCUT2D eigenvalue weighted by atomic mass is 16.7. The first kappa shape index (κ1) is 33.0. The van der Waals surface area contributed by atoms with Crippen LogP contribution in [0.1, 0.15) is 39.0 Å². The number of amides is 1. The molecule has 4 atom stereocenters. The zero-order chi connectivity index (χ0) is 36.1. The van der Waals surface area contributed by atoms with Gasteiger partial charge in [0.25, 0.3) is 11.6 Å². The van der Waals surface area contributed by atoms with Crippen molar-refractivity contribution in [1.29, 1.82) is 0 Å². The van der Waals surface area contributed by atoms with E-state index in [0.29, 0.717) is 43.2 Å². The van der Waals surface area contributed by atoms with E-state index >= 15 is 0 Å². The topological polar surface area (TPSA) is 162 Å². The van der Waals surface area contributed by atoms with Crippen molar-refractivity contribution in [3.8, 4) is 28.7 Å². The van der Waals surface area contributed by atoms with Crippen molar-refractivity contribution < 1.29 is 43.3 Å². The minimum Gasteiger partial charge on any atom is -0.502 e. The van der Waals surface area contributed by atoms with E-state index in [2.05, 4.69) is 10.2 Å². The lowest BCUT2D eigenvalue weighted by molar-refractivity contribution is -0.384. The van der Waals surface area contributed by atoms with Crippen LogP contribution in [0.25, 0.3) is 0 Å². The van der Waals surface area contributed by atoms with E-state index in [-0.39, 0.29) is 60.2 Å². The molecule has 52 heavy (non-hydrogen) atoms. The molecule has 3 heterocycles. The molecule has 0 unspecified atom stereocenters. The number of cyclic esters (lactones) is 1. The predicted molar refractivity (Wildman–Crippen MR) is 188 cm³/mol. The second-order valence-electron chi connectivity index (χ2n) is 13.2. The number of nitro groups is 1. The van der Waals surface area contributed by atoms with Gasteiger partial charge in [-0.1, -0.05) is 0 Å². The summed E-state index contributed by atoms with van der Waals surface area (Å²) < 4.78 is 28.2. The molecule has 0 bridgehead atoms. The van der Waals surface area contributed by atoms with E-state index in [1.165, 1.54) is 26.4 Å².